The predicted molar refractivity (Wildman–Crippen MR) is 54.9 cm³/mol. The second kappa shape index (κ2) is 13.9. The van der Waals surface area contributed by atoms with Gasteiger partial charge in [0, 0.05) is 23.1 Å². The Hall–Kier alpha value is -1.11. The third-order valence-corrected chi connectivity index (χ3v) is 0.813. The summed E-state index contributed by atoms with van der Waals surface area (Å²) >= 11 is 0. The number of hydrogen-bond acceptors (Lipinski definition) is 4. The first kappa shape index (κ1) is 24.2. The van der Waals surface area contributed by atoms with Crippen LogP contribution in [-0.2, 0) is 36.0 Å². The molecule has 0 heterocycles. The second-order valence-electron chi connectivity index (χ2n) is 2.73. The molecule has 0 fully saturated rings. The van der Waals surface area contributed by atoms with Crippen molar-refractivity contribution in [1.29, 1.82) is 0 Å². The molecule has 0 amide bonds. The maximum atomic E-state index is 9.98. The number of hydrogen-bond donors (Lipinski definition) is 0. The standard InChI is InChI=1S/2C5H7O2.Co.H2O/c2*1-4(6)3-5(2)7;;/h2*3H,1-2H3;;1H2/q2*-1;+2;. The van der Waals surface area contributed by atoms with Crippen molar-refractivity contribution in [3.05, 3.63) is 12.8 Å². The van der Waals surface area contributed by atoms with Crippen molar-refractivity contribution in [2.75, 3.05) is 0 Å². The van der Waals surface area contributed by atoms with Crippen molar-refractivity contribution < 1.29 is 41.4 Å². The molecule has 0 aliphatic rings. The van der Waals surface area contributed by atoms with E-state index < -0.39 is 0 Å². The number of Topliss-reactive ketones (excluding diaryl/α,β-unsaturated/α-hetero) is 4. The van der Waals surface area contributed by atoms with E-state index in [1.807, 2.05) is 0 Å². The summed E-state index contributed by atoms with van der Waals surface area (Å²) in [7, 11) is 0. The van der Waals surface area contributed by atoms with Gasteiger partial charge < -0.3 is 24.7 Å². The molecular weight excluding hydrogens is 259 g/mol. The van der Waals surface area contributed by atoms with Crippen LogP contribution in [0.1, 0.15) is 27.7 Å². The first-order valence-electron chi connectivity index (χ1n) is 3.97. The molecule has 0 aromatic rings. The zero-order valence-corrected chi connectivity index (χ0v) is 10.7. The van der Waals surface area contributed by atoms with Crippen molar-refractivity contribution in [2.45, 2.75) is 27.7 Å². The van der Waals surface area contributed by atoms with Crippen LogP contribution in [0.5, 0.6) is 0 Å². The summed E-state index contributed by atoms with van der Waals surface area (Å²) in [6.07, 6.45) is 2.11. The molecule has 0 spiro atoms. The molecular formula is C10H16CoO5. The number of rotatable bonds is 4. The Kier molecular flexibility index (Phi) is 21.0. The first-order valence-corrected chi connectivity index (χ1v) is 3.97. The quantitative estimate of drug-likeness (QED) is 0.528. The van der Waals surface area contributed by atoms with Crippen LogP contribution in [0.4, 0.5) is 0 Å². The van der Waals surface area contributed by atoms with Crippen LogP contribution in [0.2, 0.25) is 0 Å². The first-order chi connectivity index (χ1) is 6.25. The Bertz CT molecular complexity index is 198. The van der Waals surface area contributed by atoms with Gasteiger partial charge in [0.05, 0.1) is 0 Å². The molecule has 6 heteroatoms. The molecule has 0 aliphatic heterocycles. The van der Waals surface area contributed by atoms with E-state index in [1.165, 1.54) is 27.7 Å². The molecule has 0 bridgehead atoms. The Labute approximate surface area is 105 Å². The molecule has 2 N–H and O–H groups in total. The molecule has 0 atom stereocenters. The molecule has 0 saturated heterocycles. The van der Waals surface area contributed by atoms with E-state index in [4.69, 9.17) is 0 Å². The van der Waals surface area contributed by atoms with Gasteiger partial charge in [-0.2, -0.15) is 0 Å². The minimum atomic E-state index is -0.187. The van der Waals surface area contributed by atoms with E-state index in [1.54, 1.807) is 0 Å². The van der Waals surface area contributed by atoms with E-state index in [-0.39, 0.29) is 45.4 Å². The summed E-state index contributed by atoms with van der Waals surface area (Å²) < 4.78 is 0. The Morgan fingerprint density at radius 2 is 0.750 bits per heavy atom. The zero-order valence-electron chi connectivity index (χ0n) is 9.62. The molecule has 0 aromatic heterocycles. The number of carbonyl (C=O) groups is 4. The molecule has 95 valence electrons. The monoisotopic (exact) mass is 275 g/mol. The fourth-order valence-corrected chi connectivity index (χ4v) is 0.572. The second-order valence-corrected chi connectivity index (χ2v) is 2.73. The Balaban J connectivity index is -0.0000000800. The molecule has 5 nitrogen and oxygen atoms in total. The molecule has 1 radical (unpaired) electrons. The number of carbonyl (C=O) groups excluding carboxylic acids is 4. The maximum Gasteiger partial charge on any atom is 2.00 e. The summed E-state index contributed by atoms with van der Waals surface area (Å²) in [4.78, 5) is 39.9. The summed E-state index contributed by atoms with van der Waals surface area (Å²) in [6.45, 7) is 5.39. The summed E-state index contributed by atoms with van der Waals surface area (Å²) in [6, 6.07) is 0. The predicted octanol–water partition coefficient (Wildman–Crippen LogP) is -0.0898. The van der Waals surface area contributed by atoms with Gasteiger partial charge in [-0.05, 0) is 27.7 Å². The SMILES string of the molecule is CC(=O)[CH-]C(C)=O.CC(=O)[CH-]C(C)=O.O.[Co+2]. The van der Waals surface area contributed by atoms with Gasteiger partial charge in [-0.25, -0.2) is 0 Å². The molecule has 0 aliphatic carbocycles. The number of ketones is 4. The fraction of sp³-hybridized carbons (Fsp3) is 0.400. The minimum absolute atomic E-state index is 0. The molecule has 0 rings (SSSR count). The van der Waals surface area contributed by atoms with E-state index in [9.17, 15) is 19.2 Å². The average molecular weight is 275 g/mol. The van der Waals surface area contributed by atoms with Gasteiger partial charge in [0.1, 0.15) is 0 Å². The van der Waals surface area contributed by atoms with Gasteiger partial charge in [0.25, 0.3) is 0 Å². The van der Waals surface area contributed by atoms with Crippen molar-refractivity contribution in [1.82, 2.24) is 0 Å². The third kappa shape index (κ3) is 38.4. The van der Waals surface area contributed by atoms with Crippen LogP contribution in [0.3, 0.4) is 0 Å². The van der Waals surface area contributed by atoms with E-state index >= 15 is 0 Å². The van der Waals surface area contributed by atoms with Crippen LogP contribution < -0.4 is 0 Å². The molecule has 0 saturated carbocycles. The van der Waals surface area contributed by atoms with Crippen LogP contribution in [0.25, 0.3) is 0 Å². The van der Waals surface area contributed by atoms with Crippen molar-refractivity contribution >= 4 is 23.1 Å². The molecule has 0 aromatic carbocycles. The normalized spacial score (nSPS) is 6.75. The Morgan fingerprint density at radius 3 is 0.750 bits per heavy atom. The van der Waals surface area contributed by atoms with E-state index in [0.29, 0.717) is 0 Å². The maximum absolute atomic E-state index is 9.98. The zero-order chi connectivity index (χ0) is 11.7. The van der Waals surface area contributed by atoms with E-state index in [0.717, 1.165) is 12.8 Å². The van der Waals surface area contributed by atoms with Crippen molar-refractivity contribution in [2.24, 2.45) is 0 Å². The van der Waals surface area contributed by atoms with Gasteiger partial charge >= 0.3 is 16.8 Å². The smallest absolute Gasteiger partial charge is 0.412 e. The van der Waals surface area contributed by atoms with Crippen molar-refractivity contribution in [3.8, 4) is 0 Å². The van der Waals surface area contributed by atoms with Gasteiger partial charge in [0.2, 0.25) is 0 Å². The van der Waals surface area contributed by atoms with Gasteiger partial charge in [-0.1, -0.05) is 0 Å². The van der Waals surface area contributed by atoms with Gasteiger partial charge in [-0.15, -0.1) is 0 Å². The van der Waals surface area contributed by atoms with Gasteiger partial charge in [0.15, 0.2) is 0 Å². The summed E-state index contributed by atoms with van der Waals surface area (Å²) in [5, 5.41) is 0. The fourth-order valence-electron chi connectivity index (χ4n) is 0.572. The van der Waals surface area contributed by atoms with Crippen LogP contribution in [0.15, 0.2) is 0 Å². The van der Waals surface area contributed by atoms with Crippen LogP contribution in [0, 0.1) is 12.8 Å². The third-order valence-electron chi connectivity index (χ3n) is 0.813. The Morgan fingerprint density at radius 1 is 0.625 bits per heavy atom. The molecule has 0 unspecified atom stereocenters. The summed E-state index contributed by atoms with van der Waals surface area (Å²) in [5.74, 6) is -0.750. The van der Waals surface area contributed by atoms with Gasteiger partial charge in [-0.3, -0.25) is 12.8 Å². The van der Waals surface area contributed by atoms with E-state index in [2.05, 4.69) is 0 Å². The molecule has 16 heavy (non-hydrogen) atoms. The van der Waals surface area contributed by atoms with Crippen LogP contribution >= 0.6 is 0 Å². The summed E-state index contributed by atoms with van der Waals surface area (Å²) in [5.41, 5.74) is 0. The largest absolute Gasteiger partial charge is 2.00 e. The van der Waals surface area contributed by atoms with Crippen molar-refractivity contribution in [3.63, 3.8) is 0 Å². The van der Waals surface area contributed by atoms with Crippen LogP contribution in [-0.4, -0.2) is 28.6 Å². The topological polar surface area (TPSA) is 99.8 Å². The average Bonchev–Trinajstić information content (AvgIpc) is 1.79. The minimum Gasteiger partial charge on any atom is -0.412 e.